The Morgan fingerprint density at radius 3 is 2.25 bits per heavy atom. The van der Waals surface area contributed by atoms with Gasteiger partial charge in [0.05, 0.1) is 0 Å². The molecule has 0 bridgehead atoms. The number of hydrogen-bond acceptors (Lipinski definition) is 3. The van der Waals surface area contributed by atoms with Gasteiger partial charge in [-0.2, -0.15) is 0 Å². The molecule has 3 aliphatic rings. The second-order valence-corrected chi connectivity index (χ2v) is 7.80. The van der Waals surface area contributed by atoms with E-state index in [0.29, 0.717) is 30.3 Å². The molecule has 5 heteroatoms. The lowest BCUT2D eigenvalue weighted by molar-refractivity contribution is -0.132. The van der Waals surface area contributed by atoms with E-state index in [1.807, 2.05) is 11.8 Å². The van der Waals surface area contributed by atoms with E-state index in [9.17, 15) is 9.59 Å². The average molecular weight is 335 g/mol. The number of nitrogens with zero attached hydrogens (tertiary/aromatic N) is 3. The molecule has 0 aromatic rings. The molecule has 0 N–H and O–H groups in total. The Kier molecular flexibility index (Phi) is 5.80. The summed E-state index contributed by atoms with van der Waals surface area (Å²) >= 11 is 0. The van der Waals surface area contributed by atoms with Crippen LogP contribution in [0.4, 0.5) is 0 Å². The highest BCUT2D eigenvalue weighted by molar-refractivity contribution is 5.76. The van der Waals surface area contributed by atoms with Crippen LogP contribution in [0.15, 0.2) is 0 Å². The number of rotatable bonds is 4. The van der Waals surface area contributed by atoms with Crippen LogP contribution in [0.1, 0.15) is 58.8 Å². The van der Waals surface area contributed by atoms with Crippen LogP contribution in [-0.2, 0) is 9.59 Å². The van der Waals surface area contributed by atoms with Gasteiger partial charge in [0.2, 0.25) is 11.8 Å². The highest BCUT2D eigenvalue weighted by atomic mass is 16.2. The van der Waals surface area contributed by atoms with E-state index in [4.69, 9.17) is 0 Å². The first kappa shape index (κ1) is 17.7. The molecule has 2 amide bonds. The molecule has 3 rings (SSSR count). The third-order valence-corrected chi connectivity index (χ3v) is 6.33. The van der Waals surface area contributed by atoms with Crippen molar-refractivity contribution in [1.82, 2.24) is 14.7 Å². The summed E-state index contributed by atoms with van der Waals surface area (Å²) in [6, 6.07) is 1.01. The van der Waals surface area contributed by atoms with Crippen LogP contribution < -0.4 is 0 Å². The Morgan fingerprint density at radius 1 is 0.917 bits per heavy atom. The molecule has 2 atom stereocenters. The van der Waals surface area contributed by atoms with Crippen molar-refractivity contribution in [1.29, 1.82) is 0 Å². The summed E-state index contributed by atoms with van der Waals surface area (Å²) in [7, 11) is 0. The van der Waals surface area contributed by atoms with Crippen LogP contribution in [0.5, 0.6) is 0 Å². The summed E-state index contributed by atoms with van der Waals surface area (Å²) in [6.45, 7) is 8.79. The molecule has 3 saturated heterocycles. The maximum atomic E-state index is 12.2. The minimum absolute atomic E-state index is 0.215. The van der Waals surface area contributed by atoms with E-state index in [1.165, 1.54) is 25.8 Å². The molecule has 24 heavy (non-hydrogen) atoms. The number of carbonyl (C=O) groups excluding carboxylic acids is 2. The number of carbonyl (C=O) groups is 2. The van der Waals surface area contributed by atoms with Gasteiger partial charge in [-0.15, -0.1) is 0 Å². The maximum Gasteiger partial charge on any atom is 0.222 e. The lowest BCUT2D eigenvalue weighted by Gasteiger charge is -2.38. The van der Waals surface area contributed by atoms with E-state index in [0.717, 1.165) is 45.4 Å². The highest BCUT2D eigenvalue weighted by Crippen LogP contribution is 2.32. The summed E-state index contributed by atoms with van der Waals surface area (Å²) in [6.07, 6.45) is 7.74. The molecule has 3 heterocycles. The van der Waals surface area contributed by atoms with Crippen molar-refractivity contribution in [2.45, 2.75) is 70.9 Å². The third kappa shape index (κ3) is 3.76. The first-order chi connectivity index (χ1) is 11.6. The summed E-state index contributed by atoms with van der Waals surface area (Å²) in [5.74, 6) is 1.25. The van der Waals surface area contributed by atoms with Gasteiger partial charge in [-0.1, -0.05) is 6.92 Å². The van der Waals surface area contributed by atoms with Crippen LogP contribution in [0.25, 0.3) is 0 Å². The number of hydrogen-bond donors (Lipinski definition) is 0. The van der Waals surface area contributed by atoms with Gasteiger partial charge in [-0.3, -0.25) is 14.5 Å². The Hall–Kier alpha value is -1.10. The minimum atomic E-state index is 0.215. The molecule has 0 unspecified atom stereocenters. The average Bonchev–Trinajstić information content (AvgIpc) is 3.23. The second-order valence-electron chi connectivity index (χ2n) is 7.80. The lowest BCUT2D eigenvalue weighted by atomic mass is 9.95. The van der Waals surface area contributed by atoms with E-state index in [-0.39, 0.29) is 5.91 Å². The van der Waals surface area contributed by atoms with Gasteiger partial charge < -0.3 is 9.80 Å². The van der Waals surface area contributed by atoms with Crippen LogP contribution in [0.3, 0.4) is 0 Å². The molecule has 5 nitrogen and oxygen atoms in total. The van der Waals surface area contributed by atoms with Gasteiger partial charge in [-0.25, -0.2) is 0 Å². The van der Waals surface area contributed by atoms with Gasteiger partial charge in [0.15, 0.2) is 0 Å². The number of piperidine rings is 1. The molecular weight excluding hydrogens is 302 g/mol. The van der Waals surface area contributed by atoms with Gasteiger partial charge in [0.1, 0.15) is 0 Å². The molecule has 0 saturated carbocycles. The van der Waals surface area contributed by atoms with Crippen LogP contribution >= 0.6 is 0 Å². The Labute approximate surface area is 146 Å². The number of likely N-dealkylation sites (tertiary alicyclic amines) is 3. The standard InChI is InChI=1S/C19H33N3O2/c1-3-19(24)22-11-5-7-18(22)17-6-4-10-21(17)14-16-8-12-20(13-9-16)15(2)23/h16-18H,3-14H2,1-2H3/t17-,18-/m1/s1. The SMILES string of the molecule is CCC(=O)N1CCC[C@@H]1[C@H]1CCCN1CC1CCN(C(C)=O)CC1. The predicted octanol–water partition coefficient (Wildman–Crippen LogP) is 2.11. The third-order valence-electron chi connectivity index (χ3n) is 6.33. The molecule has 0 spiro atoms. The first-order valence-corrected chi connectivity index (χ1v) is 9.89. The van der Waals surface area contributed by atoms with E-state index in [2.05, 4.69) is 9.80 Å². The van der Waals surface area contributed by atoms with Gasteiger partial charge in [0.25, 0.3) is 0 Å². The zero-order chi connectivity index (χ0) is 17.1. The summed E-state index contributed by atoms with van der Waals surface area (Å²) in [4.78, 5) is 30.5. The molecule has 0 radical (unpaired) electrons. The highest BCUT2D eigenvalue weighted by Gasteiger charge is 2.39. The molecular formula is C19H33N3O2. The van der Waals surface area contributed by atoms with Gasteiger partial charge >= 0.3 is 0 Å². The van der Waals surface area contributed by atoms with Crippen molar-refractivity contribution >= 4 is 11.8 Å². The largest absolute Gasteiger partial charge is 0.343 e. The molecule has 0 aromatic heterocycles. The van der Waals surface area contributed by atoms with Crippen molar-refractivity contribution in [3.63, 3.8) is 0 Å². The maximum absolute atomic E-state index is 12.2. The van der Waals surface area contributed by atoms with Crippen molar-refractivity contribution in [3.8, 4) is 0 Å². The monoisotopic (exact) mass is 335 g/mol. The summed E-state index contributed by atoms with van der Waals surface area (Å²) in [5.41, 5.74) is 0. The Morgan fingerprint density at radius 2 is 1.58 bits per heavy atom. The fraction of sp³-hybridized carbons (Fsp3) is 0.895. The first-order valence-electron chi connectivity index (χ1n) is 9.89. The van der Waals surface area contributed by atoms with Crippen molar-refractivity contribution < 1.29 is 9.59 Å². The van der Waals surface area contributed by atoms with Crippen LogP contribution in [0, 0.1) is 5.92 Å². The summed E-state index contributed by atoms with van der Waals surface area (Å²) < 4.78 is 0. The zero-order valence-corrected chi connectivity index (χ0v) is 15.4. The molecule has 3 aliphatic heterocycles. The second kappa shape index (κ2) is 7.85. The fourth-order valence-electron chi connectivity index (χ4n) is 4.98. The van der Waals surface area contributed by atoms with E-state index < -0.39 is 0 Å². The Balaban J connectivity index is 1.56. The van der Waals surface area contributed by atoms with Crippen LogP contribution in [0.2, 0.25) is 0 Å². The predicted molar refractivity (Wildman–Crippen MR) is 94.6 cm³/mol. The Bertz CT molecular complexity index is 460. The van der Waals surface area contributed by atoms with Crippen molar-refractivity contribution in [2.24, 2.45) is 5.92 Å². The van der Waals surface area contributed by atoms with Crippen LogP contribution in [-0.4, -0.2) is 71.3 Å². The smallest absolute Gasteiger partial charge is 0.222 e. The quantitative estimate of drug-likeness (QED) is 0.790. The van der Waals surface area contributed by atoms with E-state index in [1.54, 1.807) is 6.92 Å². The van der Waals surface area contributed by atoms with Gasteiger partial charge in [-0.05, 0) is 51.0 Å². The zero-order valence-electron chi connectivity index (χ0n) is 15.4. The van der Waals surface area contributed by atoms with Gasteiger partial charge in [0, 0.05) is 51.6 Å². The topological polar surface area (TPSA) is 43.9 Å². The molecule has 136 valence electrons. The lowest BCUT2D eigenvalue weighted by Crippen LogP contribution is -2.50. The number of amides is 2. The minimum Gasteiger partial charge on any atom is -0.343 e. The normalized spacial score (nSPS) is 29.4. The van der Waals surface area contributed by atoms with E-state index >= 15 is 0 Å². The van der Waals surface area contributed by atoms with Crippen molar-refractivity contribution in [2.75, 3.05) is 32.7 Å². The van der Waals surface area contributed by atoms with Crippen molar-refractivity contribution in [3.05, 3.63) is 0 Å². The molecule has 0 aromatic carbocycles. The molecule has 0 aliphatic carbocycles. The molecule has 3 fully saturated rings. The summed E-state index contributed by atoms with van der Waals surface area (Å²) in [5, 5.41) is 0. The fourth-order valence-corrected chi connectivity index (χ4v) is 4.98.